The molecule has 5 nitrogen and oxygen atoms in total. The van der Waals surface area contributed by atoms with Crippen molar-refractivity contribution in [2.24, 2.45) is 0 Å². The summed E-state index contributed by atoms with van der Waals surface area (Å²) in [4.78, 5) is 13.2. The first-order chi connectivity index (χ1) is 15.7. The van der Waals surface area contributed by atoms with Gasteiger partial charge in [-0.15, -0.1) is 0 Å². The van der Waals surface area contributed by atoms with Gasteiger partial charge >= 0.3 is 0 Å². The van der Waals surface area contributed by atoms with Crippen LogP contribution in [0.4, 0.5) is 5.69 Å². The Morgan fingerprint density at radius 2 is 1.52 bits per heavy atom. The van der Waals surface area contributed by atoms with Crippen LogP contribution in [0.15, 0.2) is 71.6 Å². The van der Waals surface area contributed by atoms with Gasteiger partial charge in [-0.25, -0.2) is 8.42 Å². The van der Waals surface area contributed by atoms with Gasteiger partial charge < -0.3 is 5.32 Å². The number of aryl methyl sites for hydroxylation is 3. The number of amides is 1. The van der Waals surface area contributed by atoms with Gasteiger partial charge in [-0.3, -0.25) is 9.52 Å². The lowest BCUT2D eigenvalue weighted by Crippen LogP contribution is -2.35. The summed E-state index contributed by atoms with van der Waals surface area (Å²) >= 11 is 0. The molecule has 172 valence electrons. The Balaban J connectivity index is 1.42. The molecule has 2 N–H and O–H groups in total. The van der Waals surface area contributed by atoms with E-state index in [0.29, 0.717) is 17.8 Å². The largest absolute Gasteiger partial charge is 0.355 e. The lowest BCUT2D eigenvalue weighted by Gasteiger charge is -2.17. The van der Waals surface area contributed by atoms with E-state index in [0.717, 1.165) is 36.0 Å². The monoisotopic (exact) mass is 462 g/mol. The van der Waals surface area contributed by atoms with Crippen LogP contribution in [-0.2, 0) is 26.7 Å². The third-order valence-corrected chi connectivity index (χ3v) is 8.02. The maximum Gasteiger partial charge on any atom is 0.262 e. The third-order valence-electron chi connectivity index (χ3n) is 6.50. The molecule has 1 aliphatic carbocycles. The Hall–Kier alpha value is -3.12. The summed E-state index contributed by atoms with van der Waals surface area (Å²) in [5, 5.41) is 3.07. The van der Waals surface area contributed by atoms with E-state index in [9.17, 15) is 13.2 Å². The summed E-state index contributed by atoms with van der Waals surface area (Å²) < 4.78 is 28.6. The first-order valence-electron chi connectivity index (χ1n) is 11.2. The van der Waals surface area contributed by atoms with Crippen molar-refractivity contribution >= 4 is 21.6 Å². The van der Waals surface area contributed by atoms with Crippen molar-refractivity contribution in [3.63, 3.8) is 0 Å². The number of carbonyl (C=O) groups excluding carboxylic acids is 1. The molecular formula is C27H30N2O3S. The number of sulfonamides is 1. The fraction of sp³-hybridized carbons (Fsp3) is 0.296. The van der Waals surface area contributed by atoms with Crippen LogP contribution in [0.1, 0.15) is 40.7 Å². The average molecular weight is 463 g/mol. The van der Waals surface area contributed by atoms with Crippen molar-refractivity contribution in [3.05, 3.63) is 94.5 Å². The molecule has 1 fully saturated rings. The minimum Gasteiger partial charge on any atom is -0.355 e. The highest BCUT2D eigenvalue weighted by Gasteiger charge is 2.51. The Morgan fingerprint density at radius 1 is 0.879 bits per heavy atom. The number of anilines is 1. The number of carbonyl (C=O) groups is 1. The van der Waals surface area contributed by atoms with E-state index in [2.05, 4.69) is 22.2 Å². The first kappa shape index (κ1) is 23.1. The Kier molecular flexibility index (Phi) is 6.30. The van der Waals surface area contributed by atoms with Gasteiger partial charge in [0.25, 0.3) is 10.0 Å². The van der Waals surface area contributed by atoms with Crippen LogP contribution in [0.2, 0.25) is 0 Å². The van der Waals surface area contributed by atoms with E-state index in [4.69, 9.17) is 0 Å². The molecule has 0 spiro atoms. The standard InChI is InChI=1S/C27H30N2O3S/c1-19-17-21(3)25(18-20(19)2)33(31,32)29-24-11-9-23(10-12-24)27(14-15-27)26(30)28-16-13-22-7-5-4-6-8-22/h4-12,17-18,29H,13-16H2,1-3H3,(H,28,30). The fourth-order valence-corrected chi connectivity index (χ4v) is 5.57. The van der Waals surface area contributed by atoms with Gasteiger partial charge in [0.1, 0.15) is 0 Å². The van der Waals surface area contributed by atoms with E-state index in [1.807, 2.05) is 50.2 Å². The topological polar surface area (TPSA) is 75.3 Å². The second kappa shape index (κ2) is 9.02. The fourth-order valence-electron chi connectivity index (χ4n) is 4.20. The van der Waals surface area contributed by atoms with Crippen LogP contribution in [0.25, 0.3) is 0 Å². The van der Waals surface area contributed by atoms with Crippen LogP contribution >= 0.6 is 0 Å². The average Bonchev–Trinajstić information content (AvgIpc) is 3.59. The van der Waals surface area contributed by atoms with Crippen LogP contribution in [0.5, 0.6) is 0 Å². The molecule has 0 saturated heterocycles. The lowest BCUT2D eigenvalue weighted by molar-refractivity contribution is -0.123. The number of nitrogens with one attached hydrogen (secondary N) is 2. The zero-order valence-electron chi connectivity index (χ0n) is 19.3. The maximum absolute atomic E-state index is 12.9. The molecule has 0 unspecified atom stereocenters. The number of hydrogen-bond donors (Lipinski definition) is 2. The minimum atomic E-state index is -3.70. The number of benzene rings is 3. The highest BCUT2D eigenvalue weighted by molar-refractivity contribution is 7.92. The molecule has 0 radical (unpaired) electrons. The van der Waals surface area contributed by atoms with Crippen LogP contribution in [-0.4, -0.2) is 20.9 Å². The molecule has 0 aliphatic heterocycles. The predicted molar refractivity (Wildman–Crippen MR) is 132 cm³/mol. The summed E-state index contributed by atoms with van der Waals surface area (Å²) in [5.74, 6) is 0.0394. The molecule has 1 saturated carbocycles. The summed E-state index contributed by atoms with van der Waals surface area (Å²) in [6, 6.07) is 20.9. The second-order valence-electron chi connectivity index (χ2n) is 8.96. The van der Waals surface area contributed by atoms with E-state index in [1.165, 1.54) is 5.56 Å². The van der Waals surface area contributed by atoms with Crippen molar-refractivity contribution in [1.82, 2.24) is 5.32 Å². The SMILES string of the molecule is Cc1cc(C)c(S(=O)(=O)Nc2ccc(C3(C(=O)NCCc4ccccc4)CC3)cc2)cc1C. The van der Waals surface area contributed by atoms with Gasteiger partial charge in [-0.2, -0.15) is 0 Å². The van der Waals surface area contributed by atoms with Gasteiger partial charge in [0.15, 0.2) is 0 Å². The smallest absolute Gasteiger partial charge is 0.262 e. The molecule has 4 rings (SSSR count). The van der Waals surface area contributed by atoms with E-state index >= 15 is 0 Å². The first-order valence-corrected chi connectivity index (χ1v) is 12.7. The summed E-state index contributed by atoms with van der Waals surface area (Å²) in [6.07, 6.45) is 2.40. The molecule has 0 aromatic heterocycles. The molecular weight excluding hydrogens is 432 g/mol. The zero-order chi connectivity index (χ0) is 23.6. The van der Waals surface area contributed by atoms with Gasteiger partial charge in [0, 0.05) is 12.2 Å². The molecule has 0 bridgehead atoms. The lowest BCUT2D eigenvalue weighted by atomic mass is 9.94. The quantitative estimate of drug-likeness (QED) is 0.505. The molecule has 33 heavy (non-hydrogen) atoms. The molecule has 3 aromatic carbocycles. The number of rotatable bonds is 8. The van der Waals surface area contributed by atoms with Gasteiger partial charge in [0.2, 0.25) is 5.91 Å². The van der Waals surface area contributed by atoms with Gasteiger partial charge in [-0.05, 0) is 86.1 Å². The Bertz CT molecular complexity index is 1260. The molecule has 1 amide bonds. The van der Waals surface area contributed by atoms with E-state index in [-0.39, 0.29) is 10.8 Å². The molecule has 0 atom stereocenters. The van der Waals surface area contributed by atoms with Crippen molar-refractivity contribution in [2.45, 2.75) is 50.3 Å². The normalized spacial score (nSPS) is 14.5. The van der Waals surface area contributed by atoms with E-state index in [1.54, 1.807) is 25.1 Å². The minimum absolute atomic E-state index is 0.0394. The summed E-state index contributed by atoms with van der Waals surface area (Å²) in [5.41, 5.74) is 4.81. The molecule has 6 heteroatoms. The van der Waals surface area contributed by atoms with Crippen molar-refractivity contribution in [3.8, 4) is 0 Å². The van der Waals surface area contributed by atoms with Crippen molar-refractivity contribution < 1.29 is 13.2 Å². The second-order valence-corrected chi connectivity index (χ2v) is 10.6. The predicted octanol–water partition coefficient (Wildman–Crippen LogP) is 4.80. The summed E-state index contributed by atoms with van der Waals surface area (Å²) in [6.45, 7) is 6.27. The van der Waals surface area contributed by atoms with Crippen molar-refractivity contribution in [2.75, 3.05) is 11.3 Å². The van der Waals surface area contributed by atoms with Crippen LogP contribution in [0, 0.1) is 20.8 Å². The third kappa shape index (κ3) is 4.96. The van der Waals surface area contributed by atoms with Crippen LogP contribution < -0.4 is 10.0 Å². The Morgan fingerprint density at radius 3 is 2.15 bits per heavy atom. The number of hydrogen-bond acceptors (Lipinski definition) is 3. The zero-order valence-corrected chi connectivity index (χ0v) is 20.1. The Labute approximate surface area is 196 Å². The van der Waals surface area contributed by atoms with E-state index < -0.39 is 15.4 Å². The summed E-state index contributed by atoms with van der Waals surface area (Å²) in [7, 11) is -3.70. The van der Waals surface area contributed by atoms with Crippen LogP contribution in [0.3, 0.4) is 0 Å². The van der Waals surface area contributed by atoms with Gasteiger partial charge in [0.05, 0.1) is 10.3 Å². The van der Waals surface area contributed by atoms with Gasteiger partial charge in [-0.1, -0.05) is 48.5 Å². The highest BCUT2D eigenvalue weighted by atomic mass is 32.2. The molecule has 1 aliphatic rings. The molecule has 3 aromatic rings. The maximum atomic E-state index is 12.9. The molecule has 0 heterocycles. The highest BCUT2D eigenvalue weighted by Crippen LogP contribution is 2.48. The van der Waals surface area contributed by atoms with Crippen molar-refractivity contribution in [1.29, 1.82) is 0 Å².